The van der Waals surface area contributed by atoms with Crippen LogP contribution in [0.4, 0.5) is 0 Å². The second-order valence-corrected chi connectivity index (χ2v) is 2.31. The van der Waals surface area contributed by atoms with Crippen molar-refractivity contribution in [3.05, 3.63) is 12.7 Å². The fourth-order valence-electron chi connectivity index (χ4n) is 0.961. The minimum absolute atomic E-state index is 0.160. The summed E-state index contributed by atoms with van der Waals surface area (Å²) < 4.78 is 4.83. The largest absolute Gasteiger partial charge is 0.366 e. The molecular weight excluding hydrogens is 146 g/mol. The molecule has 62 valence electrons. The van der Waals surface area contributed by atoms with Crippen LogP contribution in [0.3, 0.4) is 0 Å². The number of morpholine rings is 1. The quantitative estimate of drug-likeness (QED) is 0.514. The molecule has 1 amide bonds. The lowest BCUT2D eigenvalue weighted by atomic mass is 10.4. The summed E-state index contributed by atoms with van der Waals surface area (Å²) in [4.78, 5) is 12.5. The van der Waals surface area contributed by atoms with E-state index in [-0.39, 0.29) is 12.5 Å². The predicted octanol–water partition coefficient (Wildman–Crippen LogP) is -0.650. The number of amides is 1. The van der Waals surface area contributed by atoms with Gasteiger partial charge in [0.2, 0.25) is 5.91 Å². The summed E-state index contributed by atoms with van der Waals surface area (Å²) in [6.45, 7) is 4.51. The van der Waals surface area contributed by atoms with E-state index in [0.29, 0.717) is 13.2 Å². The molecule has 0 aliphatic carbocycles. The van der Waals surface area contributed by atoms with Crippen LogP contribution in [-0.4, -0.2) is 41.9 Å². The van der Waals surface area contributed by atoms with Crippen molar-refractivity contribution < 1.29 is 14.6 Å². The third kappa shape index (κ3) is 2.03. The summed E-state index contributed by atoms with van der Waals surface area (Å²) in [5, 5.41) is 8.97. The zero-order chi connectivity index (χ0) is 8.27. The SMILES string of the molecule is C=CC(=O)N1CCOC(O)C1. The highest BCUT2D eigenvalue weighted by Gasteiger charge is 2.20. The molecule has 1 fully saturated rings. The van der Waals surface area contributed by atoms with Crippen molar-refractivity contribution in [2.45, 2.75) is 6.29 Å². The highest BCUT2D eigenvalue weighted by atomic mass is 16.6. The molecule has 11 heavy (non-hydrogen) atoms. The van der Waals surface area contributed by atoms with E-state index >= 15 is 0 Å². The van der Waals surface area contributed by atoms with Crippen LogP contribution in [0.25, 0.3) is 0 Å². The average molecular weight is 157 g/mol. The summed E-state index contributed by atoms with van der Waals surface area (Å²) >= 11 is 0. The van der Waals surface area contributed by atoms with Crippen molar-refractivity contribution in [1.82, 2.24) is 4.90 Å². The first kappa shape index (κ1) is 8.23. The summed E-state index contributed by atoms with van der Waals surface area (Å²) in [7, 11) is 0. The minimum atomic E-state index is -0.840. The molecule has 0 spiro atoms. The topological polar surface area (TPSA) is 49.8 Å². The number of carbonyl (C=O) groups is 1. The van der Waals surface area contributed by atoms with Crippen LogP contribution >= 0.6 is 0 Å². The van der Waals surface area contributed by atoms with Crippen molar-refractivity contribution in [1.29, 1.82) is 0 Å². The van der Waals surface area contributed by atoms with Gasteiger partial charge in [-0.25, -0.2) is 0 Å². The second kappa shape index (κ2) is 3.50. The van der Waals surface area contributed by atoms with Crippen molar-refractivity contribution in [2.75, 3.05) is 19.7 Å². The van der Waals surface area contributed by atoms with Crippen LogP contribution < -0.4 is 0 Å². The number of aliphatic hydroxyl groups is 1. The van der Waals surface area contributed by atoms with Gasteiger partial charge in [-0.2, -0.15) is 0 Å². The van der Waals surface area contributed by atoms with E-state index in [1.807, 2.05) is 0 Å². The molecule has 0 saturated carbocycles. The Labute approximate surface area is 65.1 Å². The Hall–Kier alpha value is -0.870. The van der Waals surface area contributed by atoms with Gasteiger partial charge in [0, 0.05) is 6.54 Å². The van der Waals surface area contributed by atoms with Gasteiger partial charge in [-0.15, -0.1) is 0 Å². The van der Waals surface area contributed by atoms with Gasteiger partial charge in [0.15, 0.2) is 6.29 Å². The fourth-order valence-corrected chi connectivity index (χ4v) is 0.961. The van der Waals surface area contributed by atoms with Gasteiger partial charge in [-0.05, 0) is 6.08 Å². The van der Waals surface area contributed by atoms with Crippen molar-refractivity contribution in [3.63, 3.8) is 0 Å². The van der Waals surface area contributed by atoms with Crippen molar-refractivity contribution in [2.24, 2.45) is 0 Å². The summed E-state index contributed by atoms with van der Waals surface area (Å²) in [6, 6.07) is 0. The van der Waals surface area contributed by atoms with Gasteiger partial charge in [-0.1, -0.05) is 6.58 Å². The van der Waals surface area contributed by atoms with E-state index in [0.717, 1.165) is 0 Å². The lowest BCUT2D eigenvalue weighted by molar-refractivity contribution is -0.160. The number of ether oxygens (including phenoxy) is 1. The van der Waals surface area contributed by atoms with Gasteiger partial charge in [-0.3, -0.25) is 4.79 Å². The number of carbonyl (C=O) groups excluding carboxylic acids is 1. The normalized spacial score (nSPS) is 24.8. The smallest absolute Gasteiger partial charge is 0.246 e. The molecule has 1 saturated heterocycles. The zero-order valence-electron chi connectivity index (χ0n) is 6.19. The highest BCUT2D eigenvalue weighted by Crippen LogP contribution is 2.02. The monoisotopic (exact) mass is 157 g/mol. The van der Waals surface area contributed by atoms with Crippen LogP contribution in [-0.2, 0) is 9.53 Å². The Balaban J connectivity index is 2.45. The van der Waals surface area contributed by atoms with E-state index in [9.17, 15) is 4.79 Å². The van der Waals surface area contributed by atoms with Crippen molar-refractivity contribution in [3.8, 4) is 0 Å². The molecule has 1 unspecified atom stereocenters. The summed E-state index contributed by atoms with van der Waals surface area (Å²) in [6.07, 6.45) is 0.394. The van der Waals surface area contributed by atoms with Gasteiger partial charge in [0.05, 0.1) is 13.2 Å². The Bertz CT molecular complexity index is 169. The standard InChI is InChI=1S/C7H11NO3/c1-2-6(9)8-3-4-11-7(10)5-8/h2,7,10H,1,3-5H2. The number of nitrogens with zero attached hydrogens (tertiary/aromatic N) is 1. The maximum Gasteiger partial charge on any atom is 0.246 e. The van der Waals surface area contributed by atoms with E-state index in [1.54, 1.807) is 0 Å². The molecule has 1 N–H and O–H groups in total. The molecular formula is C7H11NO3. The molecule has 0 aromatic carbocycles. The lowest BCUT2D eigenvalue weighted by Gasteiger charge is -2.29. The Morgan fingerprint density at radius 3 is 3.09 bits per heavy atom. The molecule has 1 aliphatic rings. The zero-order valence-corrected chi connectivity index (χ0v) is 6.19. The third-order valence-corrected chi connectivity index (χ3v) is 1.53. The number of hydrogen-bond donors (Lipinski definition) is 1. The molecule has 0 bridgehead atoms. The first-order valence-corrected chi connectivity index (χ1v) is 3.45. The maximum absolute atomic E-state index is 11.0. The van der Waals surface area contributed by atoms with E-state index in [4.69, 9.17) is 9.84 Å². The Morgan fingerprint density at radius 1 is 1.82 bits per heavy atom. The number of β-amino-alcohol motifs (C(OH)–C–C–N with tert-alkyl or cyclic N) is 1. The fraction of sp³-hybridized carbons (Fsp3) is 0.571. The van der Waals surface area contributed by atoms with Gasteiger partial charge in [0.25, 0.3) is 0 Å². The molecule has 1 heterocycles. The molecule has 4 nitrogen and oxygen atoms in total. The van der Waals surface area contributed by atoms with Crippen LogP contribution in [0.5, 0.6) is 0 Å². The number of hydrogen-bond acceptors (Lipinski definition) is 3. The number of rotatable bonds is 1. The second-order valence-electron chi connectivity index (χ2n) is 2.31. The summed E-state index contributed by atoms with van der Waals surface area (Å²) in [5.74, 6) is -0.160. The van der Waals surface area contributed by atoms with E-state index < -0.39 is 6.29 Å². The molecule has 1 aliphatic heterocycles. The van der Waals surface area contributed by atoms with Crippen LogP contribution in [0, 0.1) is 0 Å². The van der Waals surface area contributed by atoms with Gasteiger partial charge in [0.1, 0.15) is 0 Å². The number of aliphatic hydroxyl groups excluding tert-OH is 1. The van der Waals surface area contributed by atoms with E-state index in [1.165, 1.54) is 11.0 Å². The average Bonchev–Trinajstić information content (AvgIpc) is 2.03. The molecule has 1 atom stereocenters. The van der Waals surface area contributed by atoms with Gasteiger partial charge < -0.3 is 14.7 Å². The molecule has 0 radical (unpaired) electrons. The molecule has 1 rings (SSSR count). The maximum atomic E-state index is 11.0. The van der Waals surface area contributed by atoms with Crippen LogP contribution in [0.1, 0.15) is 0 Å². The molecule has 0 aromatic rings. The first-order valence-electron chi connectivity index (χ1n) is 3.45. The first-order chi connectivity index (χ1) is 5.24. The lowest BCUT2D eigenvalue weighted by Crippen LogP contribution is -2.44. The minimum Gasteiger partial charge on any atom is -0.366 e. The molecule has 4 heteroatoms. The predicted molar refractivity (Wildman–Crippen MR) is 38.7 cm³/mol. The van der Waals surface area contributed by atoms with E-state index in [2.05, 4.69) is 6.58 Å². The molecule has 0 aromatic heterocycles. The highest BCUT2D eigenvalue weighted by molar-refractivity contribution is 5.87. The van der Waals surface area contributed by atoms with Crippen LogP contribution in [0.2, 0.25) is 0 Å². The Kier molecular flexibility index (Phi) is 2.62. The van der Waals surface area contributed by atoms with Gasteiger partial charge >= 0.3 is 0 Å². The van der Waals surface area contributed by atoms with Crippen LogP contribution in [0.15, 0.2) is 12.7 Å². The third-order valence-electron chi connectivity index (χ3n) is 1.53. The summed E-state index contributed by atoms with van der Waals surface area (Å²) in [5.41, 5.74) is 0. The van der Waals surface area contributed by atoms with Crippen molar-refractivity contribution >= 4 is 5.91 Å². The Morgan fingerprint density at radius 2 is 2.55 bits per heavy atom.